The molecule has 0 radical (unpaired) electrons. The van der Waals surface area contributed by atoms with Crippen LogP contribution in [-0.2, 0) is 6.42 Å². The van der Waals surface area contributed by atoms with Crippen LogP contribution in [0.25, 0.3) is 0 Å². The van der Waals surface area contributed by atoms with Gasteiger partial charge in [0.25, 0.3) is 5.91 Å². The Balaban J connectivity index is 1.71. The minimum atomic E-state index is 0.0264. The number of carbonyl (C=O) groups is 1. The van der Waals surface area contributed by atoms with Gasteiger partial charge in [0.1, 0.15) is 5.69 Å². The number of thiazole rings is 1. The quantitative estimate of drug-likeness (QED) is 0.942. The first-order chi connectivity index (χ1) is 10.3. The zero-order valence-electron chi connectivity index (χ0n) is 11.9. The number of benzene rings is 1. The first-order valence-electron chi connectivity index (χ1n) is 7.27. The highest BCUT2D eigenvalue weighted by molar-refractivity contribution is 7.09. The third-order valence-corrected chi connectivity index (χ3v) is 4.73. The number of amides is 1. The van der Waals surface area contributed by atoms with Crippen molar-refractivity contribution in [3.8, 4) is 0 Å². The fraction of sp³-hybridized carbons (Fsp3) is 0.375. The van der Waals surface area contributed by atoms with Gasteiger partial charge in [0.15, 0.2) is 0 Å². The highest BCUT2D eigenvalue weighted by Gasteiger charge is 2.29. The summed E-state index contributed by atoms with van der Waals surface area (Å²) >= 11 is 1.55. The molecule has 5 heteroatoms. The van der Waals surface area contributed by atoms with Gasteiger partial charge in [0, 0.05) is 30.9 Å². The summed E-state index contributed by atoms with van der Waals surface area (Å²) in [5.41, 5.74) is 7.51. The molecule has 110 valence electrons. The van der Waals surface area contributed by atoms with E-state index in [-0.39, 0.29) is 11.9 Å². The number of nitrogens with two attached hydrogens (primary N) is 1. The monoisotopic (exact) mass is 301 g/mol. The molecule has 21 heavy (non-hydrogen) atoms. The molecular formula is C16H19N3OS. The lowest BCUT2D eigenvalue weighted by Gasteiger charge is -2.22. The lowest BCUT2D eigenvalue weighted by atomic mass is 10.2. The minimum Gasteiger partial charge on any atom is -0.333 e. The van der Waals surface area contributed by atoms with Crippen molar-refractivity contribution >= 4 is 17.2 Å². The Morgan fingerprint density at radius 3 is 2.95 bits per heavy atom. The van der Waals surface area contributed by atoms with Gasteiger partial charge in [-0.25, -0.2) is 4.98 Å². The van der Waals surface area contributed by atoms with E-state index in [0.717, 1.165) is 30.8 Å². The van der Waals surface area contributed by atoms with Gasteiger partial charge in [-0.1, -0.05) is 30.3 Å². The maximum atomic E-state index is 12.5. The number of aromatic nitrogens is 1. The molecule has 1 aromatic heterocycles. The lowest BCUT2D eigenvalue weighted by molar-refractivity contribution is 0.0736. The van der Waals surface area contributed by atoms with Crippen LogP contribution in [0.2, 0.25) is 0 Å². The van der Waals surface area contributed by atoms with E-state index in [1.807, 2.05) is 28.5 Å². The molecule has 2 N–H and O–H groups in total. The summed E-state index contributed by atoms with van der Waals surface area (Å²) < 4.78 is 0. The van der Waals surface area contributed by atoms with Gasteiger partial charge in [0.2, 0.25) is 0 Å². The second-order valence-electron chi connectivity index (χ2n) is 5.32. The minimum absolute atomic E-state index is 0.0264. The zero-order chi connectivity index (χ0) is 14.7. The van der Waals surface area contributed by atoms with E-state index in [1.54, 1.807) is 11.3 Å². The van der Waals surface area contributed by atoms with Gasteiger partial charge in [-0.2, -0.15) is 0 Å². The Labute approximate surface area is 128 Å². The Morgan fingerprint density at radius 2 is 2.19 bits per heavy atom. The average Bonchev–Trinajstić information content (AvgIpc) is 3.16. The summed E-state index contributed by atoms with van der Waals surface area (Å²) in [6.45, 7) is 1.33. The molecule has 1 aliphatic rings. The number of likely N-dealkylation sites (tertiary alicyclic amines) is 1. The molecule has 0 spiro atoms. The molecule has 0 saturated carbocycles. The summed E-state index contributed by atoms with van der Waals surface area (Å²) in [4.78, 5) is 18.9. The van der Waals surface area contributed by atoms with Gasteiger partial charge in [0.05, 0.1) is 5.01 Å². The first-order valence-corrected chi connectivity index (χ1v) is 8.15. The Bertz CT molecular complexity index is 611. The maximum Gasteiger partial charge on any atom is 0.273 e. The SMILES string of the molecule is NCC1CCCN1C(=O)c1csc(Cc2ccccc2)n1. The molecule has 1 aromatic carbocycles. The highest BCUT2D eigenvalue weighted by atomic mass is 32.1. The largest absolute Gasteiger partial charge is 0.333 e. The van der Waals surface area contributed by atoms with Crippen LogP contribution in [0.1, 0.15) is 33.9 Å². The van der Waals surface area contributed by atoms with E-state index in [1.165, 1.54) is 5.56 Å². The molecule has 2 aromatic rings. The van der Waals surface area contributed by atoms with Gasteiger partial charge in [-0.3, -0.25) is 4.79 Å². The molecule has 1 amide bonds. The zero-order valence-corrected chi connectivity index (χ0v) is 12.7. The van der Waals surface area contributed by atoms with Crippen LogP contribution in [0, 0.1) is 0 Å². The van der Waals surface area contributed by atoms with Crippen LogP contribution in [0.3, 0.4) is 0 Å². The van der Waals surface area contributed by atoms with Crippen molar-refractivity contribution in [2.75, 3.05) is 13.1 Å². The van der Waals surface area contributed by atoms with E-state index < -0.39 is 0 Å². The van der Waals surface area contributed by atoms with E-state index >= 15 is 0 Å². The van der Waals surface area contributed by atoms with Crippen LogP contribution in [0.5, 0.6) is 0 Å². The molecular weight excluding hydrogens is 282 g/mol. The fourth-order valence-electron chi connectivity index (χ4n) is 2.76. The van der Waals surface area contributed by atoms with Crippen LogP contribution in [0.15, 0.2) is 35.7 Å². The Kier molecular flexibility index (Phi) is 4.31. The van der Waals surface area contributed by atoms with Crippen molar-refractivity contribution in [1.29, 1.82) is 0 Å². The molecule has 3 rings (SSSR count). The topological polar surface area (TPSA) is 59.2 Å². The molecule has 1 fully saturated rings. The predicted octanol–water partition coefficient (Wildman–Crippen LogP) is 2.30. The summed E-state index contributed by atoms with van der Waals surface area (Å²) in [5, 5.41) is 2.85. The standard InChI is InChI=1S/C16H19N3OS/c17-10-13-7-4-8-19(13)16(20)14-11-21-15(18-14)9-12-5-2-1-3-6-12/h1-3,5-6,11,13H,4,7-10,17H2. The van der Waals surface area contributed by atoms with Crippen molar-refractivity contribution < 1.29 is 4.79 Å². The molecule has 4 nitrogen and oxygen atoms in total. The number of carbonyl (C=O) groups excluding carboxylic acids is 1. The second-order valence-corrected chi connectivity index (χ2v) is 6.26. The van der Waals surface area contributed by atoms with Crippen molar-refractivity contribution in [2.45, 2.75) is 25.3 Å². The van der Waals surface area contributed by atoms with Crippen LogP contribution < -0.4 is 5.73 Å². The highest BCUT2D eigenvalue weighted by Crippen LogP contribution is 2.21. The van der Waals surface area contributed by atoms with E-state index in [0.29, 0.717) is 12.2 Å². The third kappa shape index (κ3) is 3.14. The average molecular weight is 301 g/mol. The normalized spacial score (nSPS) is 18.1. The van der Waals surface area contributed by atoms with Gasteiger partial charge >= 0.3 is 0 Å². The van der Waals surface area contributed by atoms with Gasteiger partial charge < -0.3 is 10.6 Å². The predicted molar refractivity (Wildman–Crippen MR) is 84.5 cm³/mol. The molecule has 1 unspecified atom stereocenters. The van der Waals surface area contributed by atoms with Crippen LogP contribution in [0.4, 0.5) is 0 Å². The van der Waals surface area contributed by atoms with E-state index in [2.05, 4.69) is 17.1 Å². The molecule has 2 heterocycles. The number of hydrogen-bond acceptors (Lipinski definition) is 4. The number of hydrogen-bond donors (Lipinski definition) is 1. The number of nitrogens with zero attached hydrogens (tertiary/aromatic N) is 2. The molecule has 1 atom stereocenters. The van der Waals surface area contributed by atoms with Crippen molar-refractivity contribution in [3.63, 3.8) is 0 Å². The van der Waals surface area contributed by atoms with Crippen molar-refractivity contribution in [2.24, 2.45) is 5.73 Å². The summed E-state index contributed by atoms with van der Waals surface area (Å²) in [6.07, 6.45) is 2.82. The van der Waals surface area contributed by atoms with E-state index in [9.17, 15) is 4.79 Å². The van der Waals surface area contributed by atoms with Crippen LogP contribution >= 0.6 is 11.3 Å². The third-order valence-electron chi connectivity index (χ3n) is 3.88. The van der Waals surface area contributed by atoms with Crippen molar-refractivity contribution in [1.82, 2.24) is 9.88 Å². The Hall–Kier alpha value is -1.72. The summed E-state index contributed by atoms with van der Waals surface area (Å²) in [7, 11) is 0. The van der Waals surface area contributed by atoms with E-state index in [4.69, 9.17) is 5.73 Å². The smallest absolute Gasteiger partial charge is 0.273 e. The van der Waals surface area contributed by atoms with Crippen LogP contribution in [-0.4, -0.2) is 34.9 Å². The number of rotatable bonds is 4. The molecule has 0 aliphatic carbocycles. The first kappa shape index (κ1) is 14.2. The van der Waals surface area contributed by atoms with Gasteiger partial charge in [-0.05, 0) is 18.4 Å². The van der Waals surface area contributed by atoms with Crippen molar-refractivity contribution in [3.05, 3.63) is 52.0 Å². The Morgan fingerprint density at radius 1 is 1.38 bits per heavy atom. The lowest BCUT2D eigenvalue weighted by Crippen LogP contribution is -2.40. The summed E-state index contributed by atoms with van der Waals surface area (Å²) in [5.74, 6) is 0.0264. The molecule has 1 saturated heterocycles. The fourth-order valence-corrected chi connectivity index (χ4v) is 3.56. The van der Waals surface area contributed by atoms with Gasteiger partial charge in [-0.15, -0.1) is 11.3 Å². The molecule has 0 bridgehead atoms. The second kappa shape index (κ2) is 6.37. The molecule has 1 aliphatic heterocycles. The maximum absolute atomic E-state index is 12.5. The summed E-state index contributed by atoms with van der Waals surface area (Å²) in [6, 6.07) is 10.4.